The van der Waals surface area contributed by atoms with E-state index in [1.165, 1.54) is 5.56 Å². The van der Waals surface area contributed by atoms with Crippen molar-refractivity contribution < 1.29 is 9.26 Å². The highest BCUT2D eigenvalue weighted by molar-refractivity contribution is 5.85. The molecule has 5 nitrogen and oxygen atoms in total. The first-order chi connectivity index (χ1) is 10.1. The lowest BCUT2D eigenvalue weighted by molar-refractivity contribution is 0.175. The highest BCUT2D eigenvalue weighted by Gasteiger charge is 2.36. The zero-order chi connectivity index (χ0) is 14.9. The summed E-state index contributed by atoms with van der Waals surface area (Å²) in [7, 11) is 0. The van der Waals surface area contributed by atoms with Crippen molar-refractivity contribution in [2.45, 2.75) is 51.2 Å². The maximum atomic E-state index is 6.34. The molecule has 2 N–H and O–H groups in total. The summed E-state index contributed by atoms with van der Waals surface area (Å²) >= 11 is 0. The van der Waals surface area contributed by atoms with E-state index in [9.17, 15) is 0 Å². The van der Waals surface area contributed by atoms with E-state index in [0.29, 0.717) is 11.7 Å². The molecule has 6 heteroatoms. The molecule has 0 amide bonds. The van der Waals surface area contributed by atoms with Crippen LogP contribution in [0.25, 0.3) is 0 Å². The predicted octanol–water partition coefficient (Wildman–Crippen LogP) is 3.67. The molecule has 1 aromatic carbocycles. The van der Waals surface area contributed by atoms with Crippen LogP contribution >= 0.6 is 12.4 Å². The maximum absolute atomic E-state index is 6.34. The van der Waals surface area contributed by atoms with Gasteiger partial charge in [0.15, 0.2) is 11.9 Å². The van der Waals surface area contributed by atoms with Gasteiger partial charge in [0, 0.05) is 0 Å². The van der Waals surface area contributed by atoms with Crippen molar-refractivity contribution >= 4 is 12.4 Å². The molecule has 1 atom stereocenters. The van der Waals surface area contributed by atoms with Crippen LogP contribution in [0.1, 0.15) is 56.0 Å². The highest BCUT2D eigenvalue weighted by atomic mass is 35.5. The number of hydrogen-bond acceptors (Lipinski definition) is 5. The van der Waals surface area contributed by atoms with Gasteiger partial charge in [0.05, 0.1) is 5.54 Å². The fraction of sp³-hybridized carbons (Fsp3) is 0.500. The fourth-order valence-corrected chi connectivity index (χ4v) is 2.70. The lowest BCUT2D eigenvalue weighted by atomic mass is 9.99. The average Bonchev–Trinajstić information content (AvgIpc) is 3.11. The van der Waals surface area contributed by atoms with Gasteiger partial charge < -0.3 is 15.0 Å². The summed E-state index contributed by atoms with van der Waals surface area (Å²) in [6.07, 6.45) is 3.78. The van der Waals surface area contributed by atoms with E-state index < -0.39 is 5.54 Å². The lowest BCUT2D eigenvalue weighted by Crippen LogP contribution is -2.34. The van der Waals surface area contributed by atoms with Gasteiger partial charge in [-0.1, -0.05) is 35.7 Å². The molecule has 2 aromatic rings. The number of nitrogens with zero attached hydrogens (tertiary/aromatic N) is 2. The van der Waals surface area contributed by atoms with E-state index in [4.69, 9.17) is 15.0 Å². The molecule has 0 bridgehead atoms. The monoisotopic (exact) mass is 323 g/mol. The van der Waals surface area contributed by atoms with Crippen molar-refractivity contribution in [3.8, 4) is 5.75 Å². The zero-order valence-electron chi connectivity index (χ0n) is 12.9. The van der Waals surface area contributed by atoms with Crippen LogP contribution in [0.3, 0.4) is 0 Å². The van der Waals surface area contributed by atoms with Crippen molar-refractivity contribution in [3.63, 3.8) is 0 Å². The second-order valence-corrected chi connectivity index (χ2v) is 5.89. The molecule has 1 fully saturated rings. The molecule has 0 aliphatic heterocycles. The maximum Gasteiger partial charge on any atom is 0.267 e. The summed E-state index contributed by atoms with van der Waals surface area (Å²) in [6.45, 7) is 3.94. The third-order valence-corrected chi connectivity index (χ3v) is 4.06. The number of benzene rings is 1. The number of halogens is 1. The minimum Gasteiger partial charge on any atom is -0.481 e. The van der Waals surface area contributed by atoms with Crippen molar-refractivity contribution in [1.82, 2.24) is 10.1 Å². The van der Waals surface area contributed by atoms with E-state index in [1.807, 2.05) is 38.1 Å². The Balaban J connectivity index is 0.00000176. The number of hydrogen-bond donors (Lipinski definition) is 1. The second-order valence-electron chi connectivity index (χ2n) is 5.89. The SMILES string of the molecule is Cc1ccc(OC(C)c2nc(C3(N)CCCC3)no2)cc1.Cl. The largest absolute Gasteiger partial charge is 0.481 e. The predicted molar refractivity (Wildman–Crippen MR) is 86.1 cm³/mol. The molecule has 3 rings (SSSR count). The van der Waals surface area contributed by atoms with E-state index in [2.05, 4.69) is 10.1 Å². The summed E-state index contributed by atoms with van der Waals surface area (Å²) < 4.78 is 11.2. The first kappa shape index (κ1) is 16.8. The Morgan fingerprint density at radius 3 is 2.50 bits per heavy atom. The van der Waals surface area contributed by atoms with Crippen LogP contribution < -0.4 is 10.5 Å². The molecule has 1 unspecified atom stereocenters. The van der Waals surface area contributed by atoms with Gasteiger partial charge in [-0.15, -0.1) is 12.4 Å². The molecular weight excluding hydrogens is 302 g/mol. The number of nitrogens with two attached hydrogens (primary N) is 1. The summed E-state index contributed by atoms with van der Waals surface area (Å²) in [6, 6.07) is 7.89. The van der Waals surface area contributed by atoms with Crippen LogP contribution in [-0.4, -0.2) is 10.1 Å². The molecule has 1 aromatic heterocycles. The minimum absolute atomic E-state index is 0. The quantitative estimate of drug-likeness (QED) is 0.929. The van der Waals surface area contributed by atoms with Crippen LogP contribution in [0.2, 0.25) is 0 Å². The normalized spacial score (nSPS) is 17.8. The van der Waals surface area contributed by atoms with Crippen LogP contribution in [-0.2, 0) is 5.54 Å². The van der Waals surface area contributed by atoms with Gasteiger partial charge in [-0.3, -0.25) is 0 Å². The van der Waals surface area contributed by atoms with Crippen LogP contribution in [0.4, 0.5) is 0 Å². The summed E-state index contributed by atoms with van der Waals surface area (Å²) in [5.41, 5.74) is 7.11. The lowest BCUT2D eigenvalue weighted by Gasteiger charge is -2.17. The van der Waals surface area contributed by atoms with Crippen molar-refractivity contribution in [2.24, 2.45) is 5.73 Å². The van der Waals surface area contributed by atoms with Crippen LogP contribution in [0, 0.1) is 6.92 Å². The molecule has 1 heterocycles. The Morgan fingerprint density at radius 1 is 1.23 bits per heavy atom. The Hall–Kier alpha value is -1.59. The fourth-order valence-electron chi connectivity index (χ4n) is 2.70. The second kappa shape index (κ2) is 6.67. The van der Waals surface area contributed by atoms with Gasteiger partial charge in [0.1, 0.15) is 5.75 Å². The van der Waals surface area contributed by atoms with Gasteiger partial charge in [0.2, 0.25) is 0 Å². The molecule has 0 saturated heterocycles. The van der Waals surface area contributed by atoms with E-state index in [0.717, 1.165) is 31.4 Å². The standard InChI is InChI=1S/C16H21N3O2.ClH/c1-11-5-7-13(8-6-11)20-12(2)14-18-15(19-21-14)16(17)9-3-4-10-16;/h5-8,12H,3-4,9-10,17H2,1-2H3;1H. The third-order valence-electron chi connectivity index (χ3n) is 4.06. The first-order valence-electron chi connectivity index (χ1n) is 7.43. The number of rotatable bonds is 4. The first-order valence-corrected chi connectivity index (χ1v) is 7.43. The van der Waals surface area contributed by atoms with Crippen LogP contribution in [0.5, 0.6) is 5.75 Å². The molecule has 1 aliphatic carbocycles. The summed E-state index contributed by atoms with van der Waals surface area (Å²) in [5, 5.41) is 4.06. The van der Waals surface area contributed by atoms with Gasteiger partial charge in [-0.2, -0.15) is 4.98 Å². The van der Waals surface area contributed by atoms with Gasteiger partial charge in [-0.25, -0.2) is 0 Å². The van der Waals surface area contributed by atoms with Gasteiger partial charge in [-0.05, 0) is 38.8 Å². The number of aromatic nitrogens is 2. The van der Waals surface area contributed by atoms with E-state index in [-0.39, 0.29) is 18.5 Å². The third kappa shape index (κ3) is 3.42. The minimum atomic E-state index is -0.425. The van der Waals surface area contributed by atoms with Crippen molar-refractivity contribution in [3.05, 3.63) is 41.5 Å². The Morgan fingerprint density at radius 2 is 1.86 bits per heavy atom. The summed E-state index contributed by atoms with van der Waals surface area (Å²) in [5.74, 6) is 1.87. The van der Waals surface area contributed by atoms with Crippen molar-refractivity contribution in [1.29, 1.82) is 0 Å². The number of ether oxygens (including phenoxy) is 1. The average molecular weight is 324 g/mol. The molecule has 1 saturated carbocycles. The molecule has 22 heavy (non-hydrogen) atoms. The van der Waals surface area contributed by atoms with Gasteiger partial charge in [0.25, 0.3) is 5.89 Å². The number of aryl methyl sites for hydroxylation is 1. The zero-order valence-corrected chi connectivity index (χ0v) is 13.7. The topological polar surface area (TPSA) is 74.2 Å². The molecular formula is C16H22ClN3O2. The van der Waals surface area contributed by atoms with Crippen molar-refractivity contribution in [2.75, 3.05) is 0 Å². The molecule has 0 spiro atoms. The van der Waals surface area contributed by atoms with E-state index >= 15 is 0 Å². The Bertz CT molecular complexity index is 606. The smallest absolute Gasteiger partial charge is 0.267 e. The van der Waals surface area contributed by atoms with Gasteiger partial charge >= 0.3 is 0 Å². The van der Waals surface area contributed by atoms with Crippen LogP contribution in [0.15, 0.2) is 28.8 Å². The highest BCUT2D eigenvalue weighted by Crippen LogP contribution is 2.35. The molecule has 1 aliphatic rings. The summed E-state index contributed by atoms with van der Waals surface area (Å²) in [4.78, 5) is 4.45. The Kier molecular flexibility index (Phi) is 5.08. The Labute approximate surface area is 136 Å². The molecule has 0 radical (unpaired) electrons. The van der Waals surface area contributed by atoms with E-state index in [1.54, 1.807) is 0 Å². The molecule has 120 valence electrons.